The van der Waals surface area contributed by atoms with E-state index < -0.39 is 0 Å². The Morgan fingerprint density at radius 3 is 1.05 bits per heavy atom. The molecule has 0 amide bonds. The van der Waals surface area contributed by atoms with Crippen molar-refractivity contribution in [1.29, 1.82) is 0 Å². The fraction of sp³-hybridized carbons (Fsp3) is 0.0370. The Labute approximate surface area is 338 Å². The van der Waals surface area contributed by atoms with Gasteiger partial charge in [-0.05, 0) is 108 Å². The summed E-state index contributed by atoms with van der Waals surface area (Å²) in [6.07, 6.45) is 0. The summed E-state index contributed by atoms with van der Waals surface area (Å²) in [5, 5.41) is 7.68. The molecule has 0 atom stereocenters. The number of rotatable bonds is 6. The third kappa shape index (κ3) is 6.22. The van der Waals surface area contributed by atoms with Gasteiger partial charge in [0.2, 0.25) is 0 Å². The number of nitrogens with zero attached hydrogens (tertiary/aromatic N) is 4. The number of para-hydroxylation sites is 5. The van der Waals surface area contributed by atoms with Crippen LogP contribution in [0.25, 0.3) is 65.8 Å². The van der Waals surface area contributed by atoms with Gasteiger partial charge in [0.15, 0.2) is 0 Å². The predicted octanol–water partition coefficient (Wildman–Crippen LogP) is 14.3. The molecule has 9 aromatic carbocycles. The maximum absolute atomic E-state index is 2.35. The van der Waals surface area contributed by atoms with E-state index in [1.165, 1.54) is 88.5 Å². The highest BCUT2D eigenvalue weighted by molar-refractivity contribution is 6.10. The standard InChI is InChI=1S/C29H22N2.C25H20N2/c1-30(25-15-14-21-8-2-3-9-22(21)20-25)23-16-18-24(19-17-23)31-28-12-6-4-10-26(28)27-11-5-7-13-29(27)31;1-26(19-9-3-2-4-10-19)20-15-17-21(18-16-20)27-24-13-7-5-11-22(24)23-12-6-8-14-25(23)27/h2-20H,1H3;2-18H,1H3. The molecule has 58 heavy (non-hydrogen) atoms. The van der Waals surface area contributed by atoms with E-state index in [0.717, 1.165) is 0 Å². The maximum Gasteiger partial charge on any atom is 0.0541 e. The second kappa shape index (κ2) is 14.8. The molecule has 0 bridgehead atoms. The van der Waals surface area contributed by atoms with Crippen molar-refractivity contribution in [1.82, 2.24) is 9.13 Å². The van der Waals surface area contributed by atoms with Gasteiger partial charge in [0.25, 0.3) is 0 Å². The number of hydrogen-bond donors (Lipinski definition) is 0. The highest BCUT2D eigenvalue weighted by Crippen LogP contribution is 2.35. The molecule has 2 heterocycles. The third-order valence-corrected chi connectivity index (χ3v) is 11.4. The van der Waals surface area contributed by atoms with Gasteiger partial charge in [-0.15, -0.1) is 0 Å². The Balaban J connectivity index is 0.000000142. The lowest BCUT2D eigenvalue weighted by atomic mass is 10.1. The average molecular weight is 747 g/mol. The van der Waals surface area contributed by atoms with Crippen LogP contribution in [-0.2, 0) is 0 Å². The SMILES string of the molecule is CN(c1ccc(-n2c3ccccc3c3ccccc32)cc1)c1ccc2ccccc2c1.CN(c1ccccc1)c1ccc(-n2c3ccccc3c3ccccc32)cc1. The van der Waals surface area contributed by atoms with Gasteiger partial charge in [-0.2, -0.15) is 0 Å². The Kier molecular flexibility index (Phi) is 8.92. The molecule has 0 radical (unpaired) electrons. The van der Waals surface area contributed by atoms with Crippen molar-refractivity contribution in [2.45, 2.75) is 0 Å². The van der Waals surface area contributed by atoms with E-state index in [-0.39, 0.29) is 0 Å². The molecule has 0 aliphatic carbocycles. The molecule has 11 aromatic rings. The van der Waals surface area contributed by atoms with E-state index in [9.17, 15) is 0 Å². The second-order valence-corrected chi connectivity index (χ2v) is 14.8. The molecule has 0 saturated carbocycles. The van der Waals surface area contributed by atoms with Crippen molar-refractivity contribution < 1.29 is 0 Å². The van der Waals surface area contributed by atoms with Gasteiger partial charge in [0, 0.05) is 69.8 Å². The molecule has 0 unspecified atom stereocenters. The number of benzene rings is 9. The van der Waals surface area contributed by atoms with E-state index in [1.807, 2.05) is 6.07 Å². The van der Waals surface area contributed by atoms with Crippen molar-refractivity contribution in [3.05, 3.63) is 218 Å². The first-order valence-electron chi connectivity index (χ1n) is 19.8. The van der Waals surface area contributed by atoms with E-state index in [2.05, 4.69) is 245 Å². The van der Waals surface area contributed by atoms with E-state index in [1.54, 1.807) is 0 Å². The van der Waals surface area contributed by atoms with E-state index in [4.69, 9.17) is 0 Å². The van der Waals surface area contributed by atoms with Crippen molar-refractivity contribution in [2.24, 2.45) is 0 Å². The molecule has 0 aliphatic heterocycles. The summed E-state index contributed by atoms with van der Waals surface area (Å²) in [6, 6.07) is 77.6. The zero-order chi connectivity index (χ0) is 39.0. The zero-order valence-electron chi connectivity index (χ0n) is 32.6. The molecule has 4 heteroatoms. The Hall–Kier alpha value is -7.56. The summed E-state index contributed by atoms with van der Waals surface area (Å²) in [4.78, 5) is 4.44. The molecular formula is C54H42N4. The van der Waals surface area contributed by atoms with Gasteiger partial charge in [-0.25, -0.2) is 0 Å². The lowest BCUT2D eigenvalue weighted by Crippen LogP contribution is -2.09. The van der Waals surface area contributed by atoms with Crippen LogP contribution in [0.2, 0.25) is 0 Å². The monoisotopic (exact) mass is 746 g/mol. The Morgan fingerprint density at radius 1 is 0.276 bits per heavy atom. The first-order chi connectivity index (χ1) is 28.6. The highest BCUT2D eigenvalue weighted by atomic mass is 15.1. The quantitative estimate of drug-likeness (QED) is 0.168. The number of aromatic nitrogens is 2. The van der Waals surface area contributed by atoms with Crippen molar-refractivity contribution >= 4 is 77.1 Å². The topological polar surface area (TPSA) is 16.3 Å². The molecule has 0 saturated heterocycles. The average Bonchev–Trinajstić information content (AvgIpc) is 3.82. The van der Waals surface area contributed by atoms with Crippen LogP contribution in [0.5, 0.6) is 0 Å². The zero-order valence-corrected chi connectivity index (χ0v) is 32.6. The number of hydrogen-bond acceptors (Lipinski definition) is 2. The first-order valence-corrected chi connectivity index (χ1v) is 19.8. The van der Waals surface area contributed by atoms with Gasteiger partial charge in [0.1, 0.15) is 0 Å². The summed E-state index contributed by atoms with van der Waals surface area (Å²) in [6.45, 7) is 0. The number of fused-ring (bicyclic) bond motifs is 7. The molecule has 4 nitrogen and oxygen atoms in total. The molecule has 278 valence electrons. The molecule has 0 fully saturated rings. The molecule has 0 N–H and O–H groups in total. The van der Waals surface area contributed by atoms with Gasteiger partial charge in [0.05, 0.1) is 22.1 Å². The second-order valence-electron chi connectivity index (χ2n) is 14.8. The van der Waals surface area contributed by atoms with E-state index in [0.29, 0.717) is 0 Å². The van der Waals surface area contributed by atoms with Crippen LogP contribution in [0.15, 0.2) is 218 Å². The molecule has 0 aliphatic rings. The minimum Gasteiger partial charge on any atom is -0.345 e. The lowest BCUT2D eigenvalue weighted by Gasteiger charge is -2.20. The summed E-state index contributed by atoms with van der Waals surface area (Å²) in [7, 11) is 4.23. The molecular weight excluding hydrogens is 705 g/mol. The van der Waals surface area contributed by atoms with Gasteiger partial charge in [-0.3, -0.25) is 0 Å². The molecule has 0 spiro atoms. The van der Waals surface area contributed by atoms with E-state index >= 15 is 0 Å². The normalized spacial score (nSPS) is 11.3. The van der Waals surface area contributed by atoms with Gasteiger partial charge < -0.3 is 18.9 Å². The van der Waals surface area contributed by atoms with Gasteiger partial charge >= 0.3 is 0 Å². The summed E-state index contributed by atoms with van der Waals surface area (Å²) >= 11 is 0. The third-order valence-electron chi connectivity index (χ3n) is 11.4. The largest absolute Gasteiger partial charge is 0.345 e. The van der Waals surface area contributed by atoms with Gasteiger partial charge in [-0.1, -0.05) is 121 Å². The number of anilines is 4. The Morgan fingerprint density at radius 2 is 0.603 bits per heavy atom. The van der Waals surface area contributed by atoms with Crippen LogP contribution >= 0.6 is 0 Å². The fourth-order valence-corrected chi connectivity index (χ4v) is 8.39. The lowest BCUT2D eigenvalue weighted by molar-refractivity contribution is 1.16. The van der Waals surface area contributed by atoms with Crippen LogP contribution < -0.4 is 9.80 Å². The van der Waals surface area contributed by atoms with Crippen molar-refractivity contribution in [3.8, 4) is 11.4 Å². The predicted molar refractivity (Wildman–Crippen MR) is 248 cm³/mol. The minimum atomic E-state index is 1.17. The summed E-state index contributed by atoms with van der Waals surface area (Å²) in [5.74, 6) is 0. The van der Waals surface area contributed by atoms with Crippen LogP contribution in [0.3, 0.4) is 0 Å². The van der Waals surface area contributed by atoms with Crippen LogP contribution in [0.4, 0.5) is 22.7 Å². The van der Waals surface area contributed by atoms with Crippen LogP contribution in [-0.4, -0.2) is 23.2 Å². The highest BCUT2D eigenvalue weighted by Gasteiger charge is 2.14. The van der Waals surface area contributed by atoms with Crippen LogP contribution in [0, 0.1) is 0 Å². The van der Waals surface area contributed by atoms with Crippen molar-refractivity contribution in [2.75, 3.05) is 23.9 Å². The molecule has 2 aromatic heterocycles. The molecule has 11 rings (SSSR count). The minimum absolute atomic E-state index is 1.17. The smallest absolute Gasteiger partial charge is 0.0541 e. The summed E-state index contributed by atoms with van der Waals surface area (Å²) in [5.41, 5.74) is 12.0. The fourth-order valence-electron chi connectivity index (χ4n) is 8.39. The first kappa shape index (κ1) is 34.9. The Bertz CT molecular complexity index is 3090. The van der Waals surface area contributed by atoms with Crippen molar-refractivity contribution in [3.63, 3.8) is 0 Å². The summed E-state index contributed by atoms with van der Waals surface area (Å²) < 4.78 is 4.70. The van der Waals surface area contributed by atoms with Crippen LogP contribution in [0.1, 0.15) is 0 Å². The maximum atomic E-state index is 2.35.